The number of benzene rings is 2. The lowest BCUT2D eigenvalue weighted by molar-refractivity contribution is -0.112. The largest absolute Gasteiger partial charge is 0.369 e. The summed E-state index contributed by atoms with van der Waals surface area (Å²) in [6.45, 7) is 10.6. The topological polar surface area (TPSA) is 56.1 Å². The third-order valence-corrected chi connectivity index (χ3v) is 6.51. The summed E-state index contributed by atoms with van der Waals surface area (Å²) >= 11 is 6.56. The molecule has 0 aromatic heterocycles. The zero-order valence-corrected chi connectivity index (χ0v) is 19.2. The summed E-state index contributed by atoms with van der Waals surface area (Å²) in [5.41, 5.74) is 5.91. The van der Waals surface area contributed by atoms with E-state index in [4.69, 9.17) is 11.6 Å². The first-order valence-corrected chi connectivity index (χ1v) is 10.5. The molecule has 1 amide bonds. The van der Waals surface area contributed by atoms with Crippen molar-refractivity contribution in [1.82, 2.24) is 0 Å². The molecule has 30 heavy (non-hydrogen) atoms. The van der Waals surface area contributed by atoms with Crippen molar-refractivity contribution < 1.29 is 4.79 Å². The van der Waals surface area contributed by atoms with Gasteiger partial charge < -0.3 is 10.2 Å². The van der Waals surface area contributed by atoms with Crippen molar-refractivity contribution in [2.75, 3.05) is 17.3 Å². The molecular weight excluding hydrogens is 394 g/mol. The molecule has 1 aliphatic rings. The highest BCUT2D eigenvalue weighted by molar-refractivity contribution is 6.32. The van der Waals surface area contributed by atoms with Gasteiger partial charge in [-0.25, -0.2) is 0 Å². The highest BCUT2D eigenvalue weighted by Crippen LogP contribution is 2.44. The number of fused-ring (bicyclic) bond motifs is 1. The maximum absolute atomic E-state index is 12.7. The van der Waals surface area contributed by atoms with Gasteiger partial charge in [0.1, 0.15) is 11.6 Å². The minimum absolute atomic E-state index is 0.0206. The van der Waals surface area contributed by atoms with E-state index in [-0.39, 0.29) is 11.1 Å². The zero-order chi connectivity index (χ0) is 22.2. The van der Waals surface area contributed by atoms with Crippen molar-refractivity contribution in [1.29, 1.82) is 5.26 Å². The van der Waals surface area contributed by atoms with Crippen LogP contribution in [-0.4, -0.2) is 18.5 Å². The Balaban J connectivity index is 1.94. The smallest absolute Gasteiger partial charge is 0.266 e. The van der Waals surface area contributed by atoms with E-state index in [9.17, 15) is 10.1 Å². The van der Waals surface area contributed by atoms with E-state index < -0.39 is 5.91 Å². The monoisotopic (exact) mass is 421 g/mol. The number of nitrogens with zero attached hydrogens (tertiary/aromatic N) is 2. The molecule has 4 nitrogen and oxygen atoms in total. The molecule has 1 unspecified atom stereocenters. The third kappa shape index (κ3) is 4.22. The molecule has 3 rings (SSSR count). The average Bonchev–Trinajstić information content (AvgIpc) is 2.67. The fraction of sp³-hybridized carbons (Fsp3) is 0.360. The molecule has 1 atom stereocenters. The van der Waals surface area contributed by atoms with Gasteiger partial charge in [-0.05, 0) is 92.6 Å². The number of carbonyl (C=O) groups is 1. The van der Waals surface area contributed by atoms with E-state index in [1.54, 1.807) is 6.08 Å². The van der Waals surface area contributed by atoms with Crippen LogP contribution in [0.2, 0.25) is 5.02 Å². The number of amides is 1. The first kappa shape index (κ1) is 21.9. The van der Waals surface area contributed by atoms with Crippen LogP contribution in [0, 0.1) is 25.2 Å². The summed E-state index contributed by atoms with van der Waals surface area (Å²) in [4.78, 5) is 14.9. The molecule has 0 spiro atoms. The molecular formula is C25H28ClN3O. The number of hydrogen-bond acceptors (Lipinski definition) is 3. The average molecular weight is 422 g/mol. The highest BCUT2D eigenvalue weighted by atomic mass is 35.5. The van der Waals surface area contributed by atoms with Crippen molar-refractivity contribution >= 4 is 35.0 Å². The van der Waals surface area contributed by atoms with Crippen LogP contribution in [0.5, 0.6) is 0 Å². The van der Waals surface area contributed by atoms with Gasteiger partial charge in [0.2, 0.25) is 0 Å². The molecule has 1 aliphatic heterocycles. The van der Waals surface area contributed by atoms with Crippen LogP contribution in [0.25, 0.3) is 6.08 Å². The normalized spacial score (nSPS) is 17.9. The molecule has 2 aromatic rings. The summed E-state index contributed by atoms with van der Waals surface area (Å²) in [7, 11) is 2.08. The van der Waals surface area contributed by atoms with E-state index in [1.807, 2.05) is 50.2 Å². The molecule has 5 heteroatoms. The van der Waals surface area contributed by atoms with E-state index in [0.29, 0.717) is 22.2 Å². The van der Waals surface area contributed by atoms with Gasteiger partial charge in [-0.2, -0.15) is 5.26 Å². The molecule has 2 aromatic carbocycles. The van der Waals surface area contributed by atoms with Crippen LogP contribution in [-0.2, 0) is 4.79 Å². The summed E-state index contributed by atoms with van der Waals surface area (Å²) < 4.78 is 0. The highest BCUT2D eigenvalue weighted by Gasteiger charge is 2.34. The summed E-state index contributed by atoms with van der Waals surface area (Å²) in [6, 6.07) is 11.6. The molecule has 156 valence electrons. The van der Waals surface area contributed by atoms with E-state index in [2.05, 4.69) is 38.0 Å². The molecule has 1 heterocycles. The maximum atomic E-state index is 12.7. The van der Waals surface area contributed by atoms with E-state index in [1.165, 1.54) is 5.56 Å². The van der Waals surface area contributed by atoms with Crippen LogP contribution < -0.4 is 10.2 Å². The Kier molecular flexibility index (Phi) is 5.97. The number of halogens is 1. The summed E-state index contributed by atoms with van der Waals surface area (Å²) in [5, 5.41) is 12.9. The van der Waals surface area contributed by atoms with Gasteiger partial charge in [-0.3, -0.25) is 4.79 Å². The van der Waals surface area contributed by atoms with Crippen molar-refractivity contribution in [2.45, 2.75) is 52.5 Å². The van der Waals surface area contributed by atoms with Gasteiger partial charge in [-0.1, -0.05) is 24.6 Å². The Morgan fingerprint density at radius 1 is 1.27 bits per heavy atom. The Hall–Kier alpha value is -2.77. The van der Waals surface area contributed by atoms with Crippen molar-refractivity contribution in [3.63, 3.8) is 0 Å². The van der Waals surface area contributed by atoms with Gasteiger partial charge in [0.15, 0.2) is 0 Å². The second kappa shape index (κ2) is 8.16. The fourth-order valence-electron chi connectivity index (χ4n) is 4.04. The summed E-state index contributed by atoms with van der Waals surface area (Å²) in [6.07, 6.45) is 2.59. The van der Waals surface area contributed by atoms with Crippen LogP contribution in [0.3, 0.4) is 0 Å². The minimum Gasteiger partial charge on any atom is -0.369 e. The second-order valence-electron chi connectivity index (χ2n) is 8.83. The van der Waals surface area contributed by atoms with Crippen molar-refractivity contribution in [3.05, 3.63) is 63.2 Å². The minimum atomic E-state index is -0.444. The fourth-order valence-corrected chi connectivity index (χ4v) is 4.25. The Labute approximate surface area is 184 Å². The van der Waals surface area contributed by atoms with Gasteiger partial charge >= 0.3 is 0 Å². The van der Waals surface area contributed by atoms with Crippen LogP contribution in [0.4, 0.5) is 11.4 Å². The Bertz CT molecular complexity index is 1080. The predicted molar refractivity (Wildman–Crippen MR) is 125 cm³/mol. The van der Waals surface area contributed by atoms with Gasteiger partial charge in [-0.15, -0.1) is 0 Å². The first-order chi connectivity index (χ1) is 14.0. The molecule has 0 saturated carbocycles. The van der Waals surface area contributed by atoms with E-state index >= 15 is 0 Å². The Morgan fingerprint density at radius 3 is 2.60 bits per heavy atom. The lowest BCUT2D eigenvalue weighted by Crippen LogP contribution is -2.45. The summed E-state index contributed by atoms with van der Waals surface area (Å²) in [5.74, 6) is -0.0913. The van der Waals surface area contributed by atoms with Crippen LogP contribution >= 0.6 is 11.6 Å². The molecule has 0 aliphatic carbocycles. The van der Waals surface area contributed by atoms with Crippen molar-refractivity contribution in [3.8, 4) is 6.07 Å². The van der Waals surface area contributed by atoms with E-state index in [0.717, 1.165) is 23.2 Å². The van der Waals surface area contributed by atoms with Crippen LogP contribution in [0.15, 0.2) is 35.9 Å². The SMILES string of the molecule is Cc1ccc(NC(=O)/C(C#N)=C/c2cc3c(cc2Cl)N(C)C(C)(C)CC3C)cc1C. The molecule has 0 saturated heterocycles. The molecule has 0 fully saturated rings. The number of anilines is 2. The number of nitrogens with one attached hydrogen (secondary N) is 1. The lowest BCUT2D eigenvalue weighted by atomic mass is 9.80. The number of nitriles is 1. The van der Waals surface area contributed by atoms with Gasteiger partial charge in [0.25, 0.3) is 5.91 Å². The molecule has 0 radical (unpaired) electrons. The Morgan fingerprint density at radius 2 is 1.97 bits per heavy atom. The first-order valence-electron chi connectivity index (χ1n) is 10.1. The second-order valence-corrected chi connectivity index (χ2v) is 9.24. The molecule has 0 bridgehead atoms. The number of hydrogen-bond donors (Lipinski definition) is 1. The lowest BCUT2D eigenvalue weighted by Gasteiger charge is -2.45. The van der Waals surface area contributed by atoms with Gasteiger partial charge in [0, 0.05) is 29.0 Å². The third-order valence-electron chi connectivity index (χ3n) is 6.18. The van der Waals surface area contributed by atoms with Crippen molar-refractivity contribution in [2.24, 2.45) is 0 Å². The van der Waals surface area contributed by atoms with Gasteiger partial charge in [0.05, 0.1) is 0 Å². The maximum Gasteiger partial charge on any atom is 0.266 e. The number of carbonyl (C=O) groups excluding carboxylic acids is 1. The predicted octanol–water partition coefficient (Wildman–Crippen LogP) is 6.22. The molecule has 1 N–H and O–H groups in total. The quantitative estimate of drug-likeness (QED) is 0.472. The standard InChI is InChI=1S/C25H28ClN3O/c1-15-7-8-20(9-16(15)2)28-24(30)19(14-27)10-18-11-21-17(3)13-25(4,5)29(6)23(21)12-22(18)26/h7-12,17H,13H2,1-6H3,(H,28,30)/b19-10+. The zero-order valence-electron chi connectivity index (χ0n) is 18.4. The number of rotatable bonds is 3. The number of aryl methyl sites for hydroxylation is 2. The van der Waals surface area contributed by atoms with Crippen LogP contribution in [0.1, 0.15) is 55.4 Å².